The molecule has 0 radical (unpaired) electrons. The van der Waals surface area contributed by atoms with Crippen molar-refractivity contribution in [2.45, 2.75) is 33.3 Å². The number of ether oxygens (including phenoxy) is 3. The van der Waals surface area contributed by atoms with Gasteiger partial charge in [0.25, 0.3) is 0 Å². The first-order chi connectivity index (χ1) is 15.8. The number of fused-ring (bicyclic) bond motifs is 1. The minimum Gasteiger partial charge on any atom is -0.494 e. The van der Waals surface area contributed by atoms with Gasteiger partial charge in [0.05, 0.1) is 20.4 Å². The zero-order valence-electron chi connectivity index (χ0n) is 20.0. The number of hydrogen-bond donors (Lipinski definition) is 0. The fourth-order valence-corrected chi connectivity index (χ4v) is 5.21. The van der Waals surface area contributed by atoms with Crippen molar-refractivity contribution >= 4 is 7.14 Å². The van der Waals surface area contributed by atoms with Gasteiger partial charge in [0.2, 0.25) is 0 Å². The first-order valence-corrected chi connectivity index (χ1v) is 14.3. The van der Waals surface area contributed by atoms with E-state index in [9.17, 15) is 4.57 Å². The monoisotopic (exact) mass is 464 g/mol. The lowest BCUT2D eigenvalue weighted by atomic mass is 9.94. The molecule has 174 valence electrons. The Morgan fingerprint density at radius 3 is 2.48 bits per heavy atom. The van der Waals surface area contributed by atoms with Gasteiger partial charge in [-0.05, 0) is 91.2 Å². The van der Waals surface area contributed by atoms with Gasteiger partial charge in [-0.15, -0.1) is 0 Å². The molecule has 0 bridgehead atoms. The quantitative estimate of drug-likeness (QED) is 0.256. The summed E-state index contributed by atoms with van der Waals surface area (Å²) in [6, 6.07) is 18.8. The lowest BCUT2D eigenvalue weighted by Gasteiger charge is -2.15. The summed E-state index contributed by atoms with van der Waals surface area (Å²) in [4.78, 5) is 0. The molecule has 5 heteroatoms. The van der Waals surface area contributed by atoms with Crippen molar-refractivity contribution in [3.05, 3.63) is 76.9 Å². The molecule has 3 aromatic carbocycles. The number of rotatable bonds is 9. The van der Waals surface area contributed by atoms with Crippen LogP contribution in [0.1, 0.15) is 28.7 Å². The standard InChI is InChI=1S/C28H33O4P/c1-20-15-26(30-12-6-14-33(3,4)29)16-21(2)28(20)24-8-5-7-22(17-24)19-32-25-10-9-23-11-13-31-27(23)18-25/h5,7-10,15-18H,6,11-14,19H2,1-4H3. The Hall–Kier alpha value is -2.71. The van der Waals surface area contributed by atoms with Crippen LogP contribution in [0.3, 0.4) is 0 Å². The molecule has 0 aliphatic carbocycles. The van der Waals surface area contributed by atoms with E-state index in [-0.39, 0.29) is 0 Å². The second-order valence-corrected chi connectivity index (χ2v) is 12.9. The predicted octanol–water partition coefficient (Wildman–Crippen LogP) is 6.88. The van der Waals surface area contributed by atoms with Gasteiger partial charge < -0.3 is 18.8 Å². The number of aryl methyl sites for hydroxylation is 2. The average molecular weight is 465 g/mol. The normalized spacial score (nSPS) is 12.8. The summed E-state index contributed by atoms with van der Waals surface area (Å²) in [5, 5.41) is 0. The molecule has 0 aromatic heterocycles. The first kappa shape index (κ1) is 23.4. The SMILES string of the molecule is Cc1cc(OCCCP(C)(C)=O)cc(C)c1-c1cccc(COc2ccc3c(c2)OCC3)c1. The maximum absolute atomic E-state index is 11.9. The fraction of sp³-hybridized carbons (Fsp3) is 0.357. The second kappa shape index (κ2) is 10.1. The van der Waals surface area contributed by atoms with E-state index in [0.29, 0.717) is 13.2 Å². The second-order valence-electron chi connectivity index (χ2n) is 9.29. The van der Waals surface area contributed by atoms with E-state index in [1.807, 2.05) is 25.5 Å². The molecular weight excluding hydrogens is 431 g/mol. The van der Waals surface area contributed by atoms with E-state index in [0.717, 1.165) is 48.4 Å². The molecule has 33 heavy (non-hydrogen) atoms. The van der Waals surface area contributed by atoms with Gasteiger partial charge >= 0.3 is 0 Å². The topological polar surface area (TPSA) is 44.8 Å². The lowest BCUT2D eigenvalue weighted by Crippen LogP contribution is -2.02. The summed E-state index contributed by atoms with van der Waals surface area (Å²) >= 11 is 0. The molecule has 0 amide bonds. The van der Waals surface area contributed by atoms with Crippen molar-refractivity contribution in [2.75, 3.05) is 32.7 Å². The van der Waals surface area contributed by atoms with Gasteiger partial charge in [-0.25, -0.2) is 0 Å². The lowest BCUT2D eigenvalue weighted by molar-refractivity contribution is 0.302. The molecule has 0 atom stereocenters. The summed E-state index contributed by atoms with van der Waals surface area (Å²) in [5.41, 5.74) is 7.12. The maximum Gasteiger partial charge on any atom is 0.126 e. The van der Waals surface area contributed by atoms with Gasteiger partial charge in [0.1, 0.15) is 23.9 Å². The van der Waals surface area contributed by atoms with E-state index in [2.05, 4.69) is 56.3 Å². The van der Waals surface area contributed by atoms with Gasteiger partial charge in [0.15, 0.2) is 0 Å². The van der Waals surface area contributed by atoms with Crippen LogP contribution in [-0.4, -0.2) is 32.7 Å². The molecule has 0 unspecified atom stereocenters. The molecule has 1 aliphatic heterocycles. The Morgan fingerprint density at radius 1 is 0.939 bits per heavy atom. The van der Waals surface area contributed by atoms with Crippen LogP contribution in [0, 0.1) is 13.8 Å². The van der Waals surface area contributed by atoms with Gasteiger partial charge in [-0.2, -0.15) is 0 Å². The smallest absolute Gasteiger partial charge is 0.126 e. The summed E-state index contributed by atoms with van der Waals surface area (Å²) in [5.74, 6) is 2.64. The van der Waals surface area contributed by atoms with E-state index in [1.54, 1.807) is 0 Å². The third kappa shape index (κ3) is 6.21. The van der Waals surface area contributed by atoms with E-state index < -0.39 is 7.14 Å². The van der Waals surface area contributed by atoms with Gasteiger partial charge in [-0.1, -0.05) is 24.3 Å². The number of hydrogen-bond acceptors (Lipinski definition) is 4. The minimum atomic E-state index is -1.98. The minimum absolute atomic E-state index is 0.505. The Balaban J connectivity index is 1.43. The molecule has 0 saturated carbocycles. The van der Waals surface area contributed by atoms with Crippen molar-refractivity contribution in [1.82, 2.24) is 0 Å². The fourth-order valence-electron chi connectivity index (χ4n) is 4.32. The molecular formula is C28H33O4P. The summed E-state index contributed by atoms with van der Waals surface area (Å²) in [6.45, 7) is 9.74. The van der Waals surface area contributed by atoms with Crippen molar-refractivity contribution in [2.24, 2.45) is 0 Å². The van der Waals surface area contributed by atoms with E-state index in [4.69, 9.17) is 14.2 Å². The van der Waals surface area contributed by atoms with Crippen LogP contribution in [-0.2, 0) is 17.6 Å². The number of benzene rings is 3. The zero-order chi connectivity index (χ0) is 23.4. The molecule has 0 fully saturated rings. The molecule has 0 saturated heterocycles. The molecule has 1 heterocycles. The highest BCUT2D eigenvalue weighted by atomic mass is 31.2. The first-order valence-electron chi connectivity index (χ1n) is 11.5. The summed E-state index contributed by atoms with van der Waals surface area (Å²) in [7, 11) is -1.98. The Labute approximate surface area is 197 Å². The van der Waals surface area contributed by atoms with Crippen molar-refractivity contribution in [3.63, 3.8) is 0 Å². The third-order valence-electron chi connectivity index (χ3n) is 5.90. The van der Waals surface area contributed by atoms with Crippen LogP contribution >= 0.6 is 7.14 Å². The molecule has 0 spiro atoms. The van der Waals surface area contributed by atoms with Gasteiger partial charge in [0, 0.05) is 18.6 Å². The average Bonchev–Trinajstić information content (AvgIpc) is 3.22. The summed E-state index contributed by atoms with van der Waals surface area (Å²) in [6.07, 6.45) is 2.50. The molecule has 4 rings (SSSR count). The maximum atomic E-state index is 11.9. The van der Waals surface area contributed by atoms with E-state index >= 15 is 0 Å². The van der Waals surface area contributed by atoms with Crippen molar-refractivity contribution in [1.29, 1.82) is 0 Å². The van der Waals surface area contributed by atoms with E-state index in [1.165, 1.54) is 27.8 Å². The molecule has 3 aromatic rings. The largest absolute Gasteiger partial charge is 0.494 e. The Bertz CT molecular complexity index is 1160. The van der Waals surface area contributed by atoms with Crippen LogP contribution in [0.2, 0.25) is 0 Å². The van der Waals surface area contributed by atoms with Crippen molar-refractivity contribution in [3.8, 4) is 28.4 Å². The highest BCUT2D eigenvalue weighted by Crippen LogP contribution is 2.36. The Kier molecular flexibility index (Phi) is 7.14. The van der Waals surface area contributed by atoms with Gasteiger partial charge in [-0.3, -0.25) is 0 Å². The Morgan fingerprint density at radius 2 is 1.73 bits per heavy atom. The van der Waals surface area contributed by atoms with Crippen LogP contribution < -0.4 is 14.2 Å². The van der Waals surface area contributed by atoms with Crippen LogP contribution in [0.15, 0.2) is 54.6 Å². The molecule has 4 nitrogen and oxygen atoms in total. The highest BCUT2D eigenvalue weighted by Gasteiger charge is 2.13. The predicted molar refractivity (Wildman–Crippen MR) is 136 cm³/mol. The highest BCUT2D eigenvalue weighted by molar-refractivity contribution is 7.62. The summed E-state index contributed by atoms with van der Waals surface area (Å²) < 4.78 is 29.5. The van der Waals surface area contributed by atoms with Crippen LogP contribution in [0.4, 0.5) is 0 Å². The molecule has 1 aliphatic rings. The van der Waals surface area contributed by atoms with Crippen LogP contribution in [0.25, 0.3) is 11.1 Å². The third-order valence-corrected chi connectivity index (χ3v) is 7.30. The molecule has 0 N–H and O–H groups in total. The van der Waals surface area contributed by atoms with Crippen molar-refractivity contribution < 1.29 is 18.8 Å². The van der Waals surface area contributed by atoms with Crippen LogP contribution in [0.5, 0.6) is 17.2 Å². The zero-order valence-corrected chi connectivity index (χ0v) is 20.9.